The number of halogens is 2. The summed E-state index contributed by atoms with van der Waals surface area (Å²) >= 11 is 0. The lowest BCUT2D eigenvalue weighted by atomic mass is 10.1. The Hall–Kier alpha value is -2.32. The van der Waals surface area contributed by atoms with Crippen LogP contribution in [0.4, 0.5) is 14.7 Å². The molecule has 1 saturated heterocycles. The molecule has 0 unspecified atom stereocenters. The van der Waals surface area contributed by atoms with Gasteiger partial charge in [-0.25, -0.2) is 9.97 Å². The number of benzene rings is 1. The first-order valence-corrected chi connectivity index (χ1v) is 10.0. The van der Waals surface area contributed by atoms with Crippen LogP contribution in [-0.2, 0) is 6.54 Å². The first kappa shape index (κ1) is 21.4. The molecule has 1 N–H and O–H groups in total. The van der Waals surface area contributed by atoms with E-state index in [0.29, 0.717) is 0 Å². The highest BCUT2D eigenvalue weighted by Crippen LogP contribution is 2.26. The van der Waals surface area contributed by atoms with E-state index in [0.717, 1.165) is 74.9 Å². The number of anilines is 1. The molecule has 2 heterocycles. The molecule has 0 radical (unpaired) electrons. The smallest absolute Gasteiger partial charge is 0.387 e. The lowest BCUT2D eigenvalue weighted by Gasteiger charge is -2.34. The van der Waals surface area contributed by atoms with Gasteiger partial charge in [0.25, 0.3) is 0 Å². The maximum atomic E-state index is 12.5. The molecular formula is C21H29F2N5O. The van der Waals surface area contributed by atoms with Gasteiger partial charge in [-0.15, -0.1) is 0 Å². The molecule has 1 aromatic heterocycles. The van der Waals surface area contributed by atoms with Crippen LogP contribution in [0.5, 0.6) is 5.75 Å². The molecule has 1 aliphatic rings. The van der Waals surface area contributed by atoms with Crippen LogP contribution in [0.1, 0.15) is 23.1 Å². The van der Waals surface area contributed by atoms with E-state index in [2.05, 4.69) is 29.8 Å². The van der Waals surface area contributed by atoms with Gasteiger partial charge < -0.3 is 15.0 Å². The highest BCUT2D eigenvalue weighted by Gasteiger charge is 2.18. The summed E-state index contributed by atoms with van der Waals surface area (Å²) in [6, 6.07) is 5.64. The number of aromatic nitrogens is 2. The standard InChI is InChI=1S/C21H29F2N5O/c1-16-13-18(14-17(2)19(16)29-20(22)23)15-24-5-4-8-27-9-11-28(12-10-27)21-25-6-3-7-26-21/h3,6-7,13-14,20,24H,4-5,8-12,15H2,1-2H3. The molecule has 0 atom stereocenters. The number of piperazine rings is 1. The van der Waals surface area contributed by atoms with Crippen LogP contribution in [0.25, 0.3) is 0 Å². The van der Waals surface area contributed by atoms with Crippen molar-refractivity contribution < 1.29 is 13.5 Å². The Balaban J connectivity index is 1.34. The van der Waals surface area contributed by atoms with Gasteiger partial charge >= 0.3 is 6.61 Å². The second-order valence-corrected chi connectivity index (χ2v) is 7.35. The number of ether oxygens (including phenoxy) is 1. The largest absolute Gasteiger partial charge is 0.434 e. The zero-order valence-electron chi connectivity index (χ0n) is 17.1. The molecule has 0 spiro atoms. The average Bonchev–Trinajstić information content (AvgIpc) is 2.71. The van der Waals surface area contributed by atoms with Gasteiger partial charge in [-0.1, -0.05) is 12.1 Å². The Labute approximate surface area is 170 Å². The van der Waals surface area contributed by atoms with E-state index in [1.807, 2.05) is 18.2 Å². The number of aryl methyl sites for hydroxylation is 2. The van der Waals surface area contributed by atoms with Gasteiger partial charge in [-0.05, 0) is 56.1 Å². The summed E-state index contributed by atoms with van der Waals surface area (Å²) in [5.41, 5.74) is 2.56. The summed E-state index contributed by atoms with van der Waals surface area (Å²) in [6.45, 7) is 7.42. The van der Waals surface area contributed by atoms with Crippen molar-refractivity contribution in [2.45, 2.75) is 33.4 Å². The van der Waals surface area contributed by atoms with Gasteiger partial charge in [-0.3, -0.25) is 4.90 Å². The first-order chi connectivity index (χ1) is 14.0. The zero-order valence-corrected chi connectivity index (χ0v) is 17.1. The number of nitrogens with zero attached hydrogens (tertiary/aromatic N) is 4. The van der Waals surface area contributed by atoms with E-state index in [4.69, 9.17) is 0 Å². The molecule has 1 aliphatic heterocycles. The molecule has 6 nitrogen and oxygen atoms in total. The van der Waals surface area contributed by atoms with E-state index >= 15 is 0 Å². The summed E-state index contributed by atoms with van der Waals surface area (Å²) in [4.78, 5) is 13.3. The summed E-state index contributed by atoms with van der Waals surface area (Å²) in [7, 11) is 0. The predicted octanol–water partition coefficient (Wildman–Crippen LogP) is 3.00. The van der Waals surface area contributed by atoms with Crippen molar-refractivity contribution in [1.29, 1.82) is 0 Å². The molecule has 2 aromatic rings. The molecule has 0 bridgehead atoms. The summed E-state index contributed by atoms with van der Waals surface area (Å²) in [6.07, 6.45) is 4.62. The molecule has 1 fully saturated rings. The third-order valence-electron chi connectivity index (χ3n) is 5.09. The van der Waals surface area contributed by atoms with E-state index < -0.39 is 6.61 Å². The van der Waals surface area contributed by atoms with Crippen LogP contribution in [0.3, 0.4) is 0 Å². The van der Waals surface area contributed by atoms with E-state index in [-0.39, 0.29) is 5.75 Å². The maximum absolute atomic E-state index is 12.5. The van der Waals surface area contributed by atoms with Crippen molar-refractivity contribution >= 4 is 5.95 Å². The van der Waals surface area contributed by atoms with Gasteiger partial charge in [0, 0.05) is 45.1 Å². The average molecular weight is 405 g/mol. The highest BCUT2D eigenvalue weighted by atomic mass is 19.3. The Morgan fingerprint density at radius 1 is 1.07 bits per heavy atom. The normalized spacial score (nSPS) is 15.1. The zero-order chi connectivity index (χ0) is 20.6. The van der Waals surface area contributed by atoms with Gasteiger partial charge in [0.2, 0.25) is 5.95 Å². The molecule has 0 amide bonds. The summed E-state index contributed by atoms with van der Waals surface area (Å²) < 4.78 is 29.6. The van der Waals surface area contributed by atoms with Crippen LogP contribution in [0.15, 0.2) is 30.6 Å². The van der Waals surface area contributed by atoms with Crippen molar-refractivity contribution in [2.75, 3.05) is 44.2 Å². The molecular weight excluding hydrogens is 376 g/mol. The number of hydrogen-bond donors (Lipinski definition) is 1. The van der Waals surface area contributed by atoms with Crippen LogP contribution >= 0.6 is 0 Å². The fourth-order valence-corrected chi connectivity index (χ4v) is 3.70. The molecule has 8 heteroatoms. The lowest BCUT2D eigenvalue weighted by molar-refractivity contribution is -0.0507. The molecule has 158 valence electrons. The maximum Gasteiger partial charge on any atom is 0.387 e. The van der Waals surface area contributed by atoms with Crippen molar-refractivity contribution in [3.8, 4) is 5.75 Å². The van der Waals surface area contributed by atoms with Crippen LogP contribution in [0.2, 0.25) is 0 Å². The highest BCUT2D eigenvalue weighted by molar-refractivity contribution is 5.43. The Morgan fingerprint density at radius 2 is 1.72 bits per heavy atom. The molecule has 0 saturated carbocycles. The van der Waals surface area contributed by atoms with Crippen LogP contribution in [-0.4, -0.2) is 60.7 Å². The number of nitrogens with one attached hydrogen (secondary N) is 1. The topological polar surface area (TPSA) is 53.5 Å². The summed E-state index contributed by atoms with van der Waals surface area (Å²) in [5, 5.41) is 3.44. The lowest BCUT2D eigenvalue weighted by Crippen LogP contribution is -2.47. The fourth-order valence-electron chi connectivity index (χ4n) is 3.70. The number of rotatable bonds is 9. The minimum atomic E-state index is -2.79. The second kappa shape index (κ2) is 10.5. The Kier molecular flexibility index (Phi) is 7.71. The third-order valence-corrected chi connectivity index (χ3v) is 5.09. The van der Waals surface area contributed by atoms with Gasteiger partial charge in [-0.2, -0.15) is 8.78 Å². The molecule has 0 aliphatic carbocycles. The van der Waals surface area contributed by atoms with Gasteiger partial charge in [0.1, 0.15) is 5.75 Å². The SMILES string of the molecule is Cc1cc(CNCCCN2CCN(c3ncccn3)CC2)cc(C)c1OC(F)F. The summed E-state index contributed by atoms with van der Waals surface area (Å²) in [5.74, 6) is 1.09. The molecule has 3 rings (SSSR count). The molecule has 29 heavy (non-hydrogen) atoms. The number of hydrogen-bond acceptors (Lipinski definition) is 6. The van der Waals surface area contributed by atoms with E-state index in [1.165, 1.54) is 0 Å². The van der Waals surface area contributed by atoms with Gasteiger partial charge in [0.05, 0.1) is 0 Å². The van der Waals surface area contributed by atoms with Crippen molar-refractivity contribution in [2.24, 2.45) is 0 Å². The Morgan fingerprint density at radius 3 is 2.34 bits per heavy atom. The molecule has 1 aromatic carbocycles. The Bertz CT molecular complexity index is 744. The minimum Gasteiger partial charge on any atom is -0.434 e. The number of alkyl halides is 2. The third kappa shape index (κ3) is 6.33. The van der Waals surface area contributed by atoms with Crippen molar-refractivity contribution in [3.05, 3.63) is 47.3 Å². The predicted molar refractivity (Wildman–Crippen MR) is 110 cm³/mol. The monoisotopic (exact) mass is 405 g/mol. The van der Waals surface area contributed by atoms with Gasteiger partial charge in [0.15, 0.2) is 0 Å². The van der Waals surface area contributed by atoms with Crippen molar-refractivity contribution in [3.63, 3.8) is 0 Å². The van der Waals surface area contributed by atoms with Crippen molar-refractivity contribution in [1.82, 2.24) is 20.2 Å². The first-order valence-electron chi connectivity index (χ1n) is 10.0. The van der Waals surface area contributed by atoms with Crippen LogP contribution < -0.4 is 15.0 Å². The van der Waals surface area contributed by atoms with E-state index in [1.54, 1.807) is 26.2 Å². The van der Waals surface area contributed by atoms with E-state index in [9.17, 15) is 8.78 Å². The second-order valence-electron chi connectivity index (χ2n) is 7.35. The minimum absolute atomic E-state index is 0.281. The fraction of sp³-hybridized carbons (Fsp3) is 0.524. The quantitative estimate of drug-likeness (QED) is 0.648. The van der Waals surface area contributed by atoms with Crippen LogP contribution in [0, 0.1) is 13.8 Å².